The highest BCUT2D eigenvalue weighted by Gasteiger charge is 2.26. The minimum absolute atomic E-state index is 0.277. The lowest BCUT2D eigenvalue weighted by molar-refractivity contribution is 0.546. The number of aryl methyl sites for hydroxylation is 1. The molecular formula is C18H20ClN3O2. The van der Waals surface area contributed by atoms with Crippen molar-refractivity contribution in [2.75, 3.05) is 10.6 Å². The number of rotatable bonds is 6. The number of nitrogens with zero attached hydrogens (tertiary/aromatic N) is 1. The van der Waals surface area contributed by atoms with E-state index in [0.717, 1.165) is 17.5 Å². The molecule has 2 N–H and O–H groups in total. The van der Waals surface area contributed by atoms with Gasteiger partial charge in [0, 0.05) is 17.1 Å². The van der Waals surface area contributed by atoms with Crippen molar-refractivity contribution >= 4 is 23.0 Å². The van der Waals surface area contributed by atoms with Crippen LogP contribution in [0.5, 0.6) is 0 Å². The number of anilines is 2. The standard InChI is InChI=1S/C18H20ClN3O2/c1-5-18(3,4)22-15-14(16(23)17(15)24)21-9-12-10(2)6-11(8-20)7-13(12)19/h6-7,21-22H,5,9H2,1-4H3. The first-order chi connectivity index (χ1) is 11.2. The van der Waals surface area contributed by atoms with Gasteiger partial charge in [0.25, 0.3) is 10.9 Å². The minimum Gasteiger partial charge on any atom is -0.376 e. The molecule has 24 heavy (non-hydrogen) atoms. The van der Waals surface area contributed by atoms with Crippen molar-refractivity contribution < 1.29 is 0 Å². The quantitative estimate of drug-likeness (QED) is 0.785. The molecule has 0 saturated heterocycles. The third-order valence-electron chi connectivity index (χ3n) is 4.25. The van der Waals surface area contributed by atoms with E-state index in [-0.39, 0.29) is 5.54 Å². The summed E-state index contributed by atoms with van der Waals surface area (Å²) in [5, 5.41) is 15.5. The van der Waals surface area contributed by atoms with Crippen LogP contribution >= 0.6 is 11.6 Å². The van der Waals surface area contributed by atoms with Crippen LogP contribution in [0.3, 0.4) is 0 Å². The molecule has 0 spiro atoms. The minimum atomic E-state index is -0.521. The zero-order valence-electron chi connectivity index (χ0n) is 14.2. The van der Waals surface area contributed by atoms with Crippen molar-refractivity contribution in [3.8, 4) is 6.07 Å². The molecule has 0 heterocycles. The van der Waals surface area contributed by atoms with Gasteiger partial charge in [-0.3, -0.25) is 9.59 Å². The molecule has 0 aliphatic rings. The van der Waals surface area contributed by atoms with Crippen LogP contribution in [0.4, 0.5) is 11.4 Å². The molecule has 0 aliphatic carbocycles. The van der Waals surface area contributed by atoms with Gasteiger partial charge in [0.2, 0.25) is 0 Å². The molecule has 2 rings (SSSR count). The van der Waals surface area contributed by atoms with Crippen molar-refractivity contribution in [1.82, 2.24) is 0 Å². The van der Waals surface area contributed by atoms with E-state index in [9.17, 15) is 9.59 Å². The first kappa shape index (κ1) is 18.0. The molecule has 0 unspecified atom stereocenters. The van der Waals surface area contributed by atoms with Gasteiger partial charge in [-0.2, -0.15) is 5.26 Å². The lowest BCUT2D eigenvalue weighted by atomic mass is 10.00. The number of nitrogens with one attached hydrogen (secondary N) is 2. The highest BCUT2D eigenvalue weighted by atomic mass is 35.5. The molecule has 0 saturated carbocycles. The molecule has 126 valence electrons. The van der Waals surface area contributed by atoms with E-state index >= 15 is 0 Å². The average molecular weight is 346 g/mol. The van der Waals surface area contributed by atoms with E-state index in [2.05, 4.69) is 16.7 Å². The fraction of sp³-hybridized carbons (Fsp3) is 0.389. The Bertz CT molecular complexity index is 864. The molecule has 0 aromatic heterocycles. The monoisotopic (exact) mass is 345 g/mol. The molecule has 0 fully saturated rings. The average Bonchev–Trinajstić information content (AvgIpc) is 2.55. The molecule has 0 bridgehead atoms. The van der Waals surface area contributed by atoms with E-state index in [4.69, 9.17) is 16.9 Å². The maximum absolute atomic E-state index is 11.9. The number of benzene rings is 1. The molecule has 5 nitrogen and oxygen atoms in total. The van der Waals surface area contributed by atoms with Crippen LogP contribution in [0.2, 0.25) is 5.02 Å². The fourth-order valence-electron chi connectivity index (χ4n) is 2.35. The van der Waals surface area contributed by atoms with Gasteiger partial charge in [-0.25, -0.2) is 0 Å². The molecule has 6 heteroatoms. The van der Waals surface area contributed by atoms with Gasteiger partial charge in [0.15, 0.2) is 0 Å². The molecule has 2 aromatic rings. The topological polar surface area (TPSA) is 82.0 Å². The summed E-state index contributed by atoms with van der Waals surface area (Å²) < 4.78 is 0. The summed E-state index contributed by atoms with van der Waals surface area (Å²) in [6.45, 7) is 8.10. The van der Waals surface area contributed by atoms with Crippen LogP contribution < -0.4 is 21.5 Å². The lowest BCUT2D eigenvalue weighted by Crippen LogP contribution is -2.42. The largest absolute Gasteiger partial charge is 0.376 e. The van der Waals surface area contributed by atoms with Gasteiger partial charge in [-0.05, 0) is 50.5 Å². The Morgan fingerprint density at radius 2 is 1.83 bits per heavy atom. The van der Waals surface area contributed by atoms with Crippen molar-refractivity contribution in [3.63, 3.8) is 0 Å². The normalized spacial score (nSPS) is 11.3. The van der Waals surface area contributed by atoms with Crippen molar-refractivity contribution in [2.45, 2.75) is 46.2 Å². The third kappa shape index (κ3) is 3.44. The fourth-order valence-corrected chi connectivity index (χ4v) is 2.68. The van der Waals surface area contributed by atoms with Gasteiger partial charge < -0.3 is 10.6 Å². The summed E-state index contributed by atoms with van der Waals surface area (Å²) in [6.07, 6.45) is 0.811. The molecule has 0 aliphatic heterocycles. The first-order valence-corrected chi connectivity index (χ1v) is 8.12. The second-order valence-electron chi connectivity index (χ2n) is 6.49. The van der Waals surface area contributed by atoms with Crippen LogP contribution in [-0.2, 0) is 6.54 Å². The van der Waals surface area contributed by atoms with Crippen LogP contribution in [-0.4, -0.2) is 5.54 Å². The van der Waals surface area contributed by atoms with Gasteiger partial charge in [-0.1, -0.05) is 18.5 Å². The first-order valence-electron chi connectivity index (χ1n) is 7.74. The van der Waals surface area contributed by atoms with Gasteiger partial charge in [0.1, 0.15) is 11.4 Å². The molecule has 0 amide bonds. The Kier molecular flexibility index (Phi) is 5.00. The summed E-state index contributed by atoms with van der Waals surface area (Å²) in [5.41, 5.74) is 1.46. The second kappa shape index (κ2) is 6.66. The van der Waals surface area contributed by atoms with E-state index in [0.29, 0.717) is 28.5 Å². The Labute approximate surface area is 146 Å². The predicted molar refractivity (Wildman–Crippen MR) is 97.6 cm³/mol. The summed E-state index contributed by atoms with van der Waals surface area (Å²) in [7, 11) is 0. The Morgan fingerprint density at radius 3 is 2.38 bits per heavy atom. The number of hydrogen-bond acceptors (Lipinski definition) is 5. The molecule has 0 radical (unpaired) electrons. The summed E-state index contributed by atoms with van der Waals surface area (Å²) >= 11 is 6.21. The van der Waals surface area contributed by atoms with Crippen LogP contribution in [0, 0.1) is 18.3 Å². The summed E-state index contributed by atoms with van der Waals surface area (Å²) in [5.74, 6) is 0. The van der Waals surface area contributed by atoms with E-state index in [1.165, 1.54) is 0 Å². The van der Waals surface area contributed by atoms with E-state index in [1.54, 1.807) is 12.1 Å². The van der Waals surface area contributed by atoms with Gasteiger partial charge >= 0.3 is 0 Å². The highest BCUT2D eigenvalue weighted by molar-refractivity contribution is 6.31. The zero-order valence-corrected chi connectivity index (χ0v) is 15.0. The van der Waals surface area contributed by atoms with E-state index < -0.39 is 10.9 Å². The zero-order chi connectivity index (χ0) is 18.1. The summed E-state index contributed by atoms with van der Waals surface area (Å²) in [6, 6.07) is 5.38. The molecule has 2 aromatic carbocycles. The van der Waals surface area contributed by atoms with Gasteiger partial charge in [-0.15, -0.1) is 0 Å². The molecule has 0 atom stereocenters. The number of hydrogen-bond donors (Lipinski definition) is 2. The number of halogens is 1. The van der Waals surface area contributed by atoms with E-state index in [1.807, 2.05) is 27.7 Å². The lowest BCUT2D eigenvalue weighted by Gasteiger charge is -2.28. The SMILES string of the molecule is CCC(C)(C)Nc1c(NCc2c(C)cc(C#N)cc2Cl)c(=O)c1=O. The van der Waals surface area contributed by atoms with Crippen molar-refractivity contribution in [3.05, 3.63) is 54.3 Å². The number of nitriles is 1. The third-order valence-corrected chi connectivity index (χ3v) is 4.58. The highest BCUT2D eigenvalue weighted by Crippen LogP contribution is 2.25. The Morgan fingerprint density at radius 1 is 1.21 bits per heavy atom. The van der Waals surface area contributed by atoms with Crippen LogP contribution in [0.15, 0.2) is 21.7 Å². The van der Waals surface area contributed by atoms with Gasteiger partial charge in [0.05, 0.1) is 11.6 Å². The maximum atomic E-state index is 11.9. The smallest absolute Gasteiger partial charge is 0.253 e. The van der Waals surface area contributed by atoms with Crippen molar-refractivity contribution in [2.24, 2.45) is 0 Å². The second-order valence-corrected chi connectivity index (χ2v) is 6.90. The van der Waals surface area contributed by atoms with Crippen molar-refractivity contribution in [1.29, 1.82) is 5.26 Å². The maximum Gasteiger partial charge on any atom is 0.253 e. The summed E-state index contributed by atoms with van der Waals surface area (Å²) in [4.78, 5) is 23.7. The van der Waals surface area contributed by atoms with Crippen LogP contribution in [0.1, 0.15) is 43.9 Å². The Balaban J connectivity index is 2.23. The Hall–Kier alpha value is -2.32. The molecular weight excluding hydrogens is 326 g/mol. The predicted octanol–water partition coefficient (Wildman–Crippen LogP) is 3.33. The van der Waals surface area contributed by atoms with Crippen LogP contribution in [0.25, 0.3) is 0 Å².